The monoisotopic (exact) mass is 454 g/mol. The first kappa shape index (κ1) is 27.8. The van der Waals surface area contributed by atoms with Gasteiger partial charge in [-0.3, -0.25) is 9.59 Å². The Bertz CT molecular complexity index is 714. The Kier molecular flexibility index (Phi) is 12.4. The van der Waals surface area contributed by atoms with Crippen molar-refractivity contribution in [3.63, 3.8) is 0 Å². The standard InChI is InChI=1S/C31H50O2/c1-6-12-25(8-3)21-31(33)27-15-11-14-26(22-27)30(17-10-9-16-29(32)13-7-2)28-19-23(4)18-24(5)20-28/h18-20,25-27,30H,6-17,21-22H2,1-5H3. The van der Waals surface area contributed by atoms with Crippen molar-refractivity contribution in [3.8, 4) is 0 Å². The third kappa shape index (κ3) is 9.38. The Morgan fingerprint density at radius 1 is 0.909 bits per heavy atom. The molecule has 0 saturated heterocycles. The third-order valence-corrected chi connectivity index (χ3v) is 7.93. The van der Waals surface area contributed by atoms with E-state index in [-0.39, 0.29) is 5.92 Å². The van der Waals surface area contributed by atoms with Crippen LogP contribution in [0.2, 0.25) is 0 Å². The van der Waals surface area contributed by atoms with E-state index in [1.165, 1.54) is 42.4 Å². The Hall–Kier alpha value is -1.44. The largest absolute Gasteiger partial charge is 0.300 e. The van der Waals surface area contributed by atoms with Crippen LogP contribution in [0.15, 0.2) is 18.2 Å². The van der Waals surface area contributed by atoms with Gasteiger partial charge in [-0.2, -0.15) is 0 Å². The molecule has 2 rings (SSSR count). The molecular formula is C31H50O2. The van der Waals surface area contributed by atoms with Gasteiger partial charge in [0.1, 0.15) is 11.6 Å². The molecule has 0 radical (unpaired) electrons. The van der Waals surface area contributed by atoms with Crippen LogP contribution in [0.1, 0.15) is 133 Å². The summed E-state index contributed by atoms with van der Waals surface area (Å²) in [6.45, 7) is 10.9. The molecule has 1 aliphatic carbocycles. The van der Waals surface area contributed by atoms with Crippen LogP contribution in [0.25, 0.3) is 0 Å². The Balaban J connectivity index is 2.09. The lowest BCUT2D eigenvalue weighted by Crippen LogP contribution is -2.28. The molecule has 186 valence electrons. The summed E-state index contributed by atoms with van der Waals surface area (Å²) < 4.78 is 0. The normalized spacial score (nSPS) is 20.4. The van der Waals surface area contributed by atoms with Crippen LogP contribution in [-0.4, -0.2) is 11.6 Å². The average Bonchev–Trinajstić information content (AvgIpc) is 2.78. The predicted molar refractivity (Wildman–Crippen MR) is 141 cm³/mol. The zero-order valence-electron chi connectivity index (χ0n) is 22.3. The molecule has 2 heteroatoms. The fourth-order valence-electron chi connectivity index (χ4n) is 6.18. The van der Waals surface area contributed by atoms with Crippen molar-refractivity contribution in [1.29, 1.82) is 0 Å². The first-order valence-electron chi connectivity index (χ1n) is 14.0. The van der Waals surface area contributed by atoms with Crippen molar-refractivity contribution < 1.29 is 9.59 Å². The van der Waals surface area contributed by atoms with E-state index < -0.39 is 0 Å². The molecule has 1 saturated carbocycles. The van der Waals surface area contributed by atoms with Crippen LogP contribution in [0.5, 0.6) is 0 Å². The maximum absolute atomic E-state index is 13.2. The highest BCUT2D eigenvalue weighted by Crippen LogP contribution is 2.42. The van der Waals surface area contributed by atoms with Crippen LogP contribution >= 0.6 is 0 Å². The fourth-order valence-corrected chi connectivity index (χ4v) is 6.18. The van der Waals surface area contributed by atoms with Gasteiger partial charge in [-0.1, -0.05) is 82.2 Å². The second-order valence-corrected chi connectivity index (χ2v) is 10.9. The highest BCUT2D eigenvalue weighted by Gasteiger charge is 2.33. The van der Waals surface area contributed by atoms with Crippen LogP contribution < -0.4 is 0 Å². The zero-order valence-corrected chi connectivity index (χ0v) is 22.3. The minimum atomic E-state index is 0.259. The second kappa shape index (κ2) is 14.7. The van der Waals surface area contributed by atoms with Gasteiger partial charge in [0.15, 0.2) is 0 Å². The van der Waals surface area contributed by atoms with Gasteiger partial charge in [0.25, 0.3) is 0 Å². The molecule has 4 unspecified atom stereocenters. The molecule has 1 fully saturated rings. The molecule has 1 aliphatic rings. The second-order valence-electron chi connectivity index (χ2n) is 10.9. The molecule has 33 heavy (non-hydrogen) atoms. The molecule has 1 aromatic rings. The molecule has 0 N–H and O–H groups in total. The quantitative estimate of drug-likeness (QED) is 0.248. The number of ketones is 2. The number of hydrogen-bond acceptors (Lipinski definition) is 2. The average molecular weight is 455 g/mol. The van der Waals surface area contributed by atoms with Crippen molar-refractivity contribution in [2.45, 2.75) is 130 Å². The lowest BCUT2D eigenvalue weighted by molar-refractivity contribution is -0.125. The highest BCUT2D eigenvalue weighted by atomic mass is 16.1. The number of rotatable bonds is 15. The van der Waals surface area contributed by atoms with E-state index >= 15 is 0 Å². The summed E-state index contributed by atoms with van der Waals surface area (Å²) in [5, 5.41) is 0. The van der Waals surface area contributed by atoms with Crippen molar-refractivity contribution in [2.24, 2.45) is 17.8 Å². The summed E-state index contributed by atoms with van der Waals surface area (Å²) in [5.41, 5.74) is 4.13. The minimum Gasteiger partial charge on any atom is -0.300 e. The predicted octanol–water partition coefficient (Wildman–Crippen LogP) is 8.91. The summed E-state index contributed by atoms with van der Waals surface area (Å²) in [5.74, 6) is 2.88. The molecule has 1 aromatic carbocycles. The van der Waals surface area contributed by atoms with Gasteiger partial charge in [0.05, 0.1) is 0 Å². The van der Waals surface area contributed by atoms with Crippen LogP contribution in [0.4, 0.5) is 0 Å². The van der Waals surface area contributed by atoms with Crippen molar-refractivity contribution in [3.05, 3.63) is 34.9 Å². The summed E-state index contributed by atoms with van der Waals surface area (Å²) in [7, 11) is 0. The highest BCUT2D eigenvalue weighted by molar-refractivity contribution is 5.81. The Morgan fingerprint density at radius 2 is 1.64 bits per heavy atom. The maximum atomic E-state index is 13.2. The molecule has 0 heterocycles. The summed E-state index contributed by atoms with van der Waals surface area (Å²) >= 11 is 0. The van der Waals surface area contributed by atoms with Crippen molar-refractivity contribution in [2.75, 3.05) is 0 Å². The fraction of sp³-hybridized carbons (Fsp3) is 0.742. The topological polar surface area (TPSA) is 34.1 Å². The van der Waals surface area contributed by atoms with E-state index in [1.54, 1.807) is 0 Å². The zero-order chi connectivity index (χ0) is 24.2. The molecule has 0 spiro atoms. The van der Waals surface area contributed by atoms with Crippen LogP contribution in [-0.2, 0) is 9.59 Å². The lowest BCUT2D eigenvalue weighted by Gasteiger charge is -2.35. The number of unbranched alkanes of at least 4 members (excludes halogenated alkanes) is 1. The van der Waals surface area contributed by atoms with Gasteiger partial charge in [-0.15, -0.1) is 0 Å². The van der Waals surface area contributed by atoms with Gasteiger partial charge in [-0.05, 0) is 75.7 Å². The summed E-state index contributed by atoms with van der Waals surface area (Å²) in [4.78, 5) is 25.2. The SMILES string of the molecule is CCCC(=O)CCCCC(c1cc(C)cc(C)c1)C1CCCC(C(=O)CC(CC)CCC)C1. The van der Waals surface area contributed by atoms with Gasteiger partial charge < -0.3 is 0 Å². The van der Waals surface area contributed by atoms with E-state index in [1.807, 2.05) is 0 Å². The number of Topliss-reactive ketones (excluding diaryl/α,β-unsaturated/α-hetero) is 2. The summed E-state index contributed by atoms with van der Waals surface area (Å²) in [6.07, 6.45) is 14.5. The molecule has 4 atom stereocenters. The van der Waals surface area contributed by atoms with E-state index in [0.717, 1.165) is 64.2 Å². The van der Waals surface area contributed by atoms with E-state index in [9.17, 15) is 9.59 Å². The van der Waals surface area contributed by atoms with Crippen molar-refractivity contribution >= 4 is 11.6 Å². The molecular weight excluding hydrogens is 404 g/mol. The number of hydrogen-bond donors (Lipinski definition) is 0. The molecule has 0 aromatic heterocycles. The van der Waals surface area contributed by atoms with Crippen LogP contribution in [0.3, 0.4) is 0 Å². The maximum Gasteiger partial charge on any atom is 0.136 e. The first-order valence-corrected chi connectivity index (χ1v) is 14.0. The smallest absolute Gasteiger partial charge is 0.136 e. The molecule has 0 bridgehead atoms. The summed E-state index contributed by atoms with van der Waals surface area (Å²) in [6, 6.07) is 7.01. The first-order chi connectivity index (χ1) is 15.9. The van der Waals surface area contributed by atoms with E-state index in [2.05, 4.69) is 52.8 Å². The minimum absolute atomic E-state index is 0.259. The number of carbonyl (C=O) groups is 2. The van der Waals surface area contributed by atoms with Gasteiger partial charge in [0.2, 0.25) is 0 Å². The molecule has 0 aliphatic heterocycles. The number of carbonyl (C=O) groups excluding carboxylic acids is 2. The molecule has 0 amide bonds. The van der Waals surface area contributed by atoms with E-state index in [0.29, 0.717) is 29.3 Å². The third-order valence-electron chi connectivity index (χ3n) is 7.93. The Morgan fingerprint density at radius 3 is 2.27 bits per heavy atom. The van der Waals surface area contributed by atoms with Gasteiger partial charge in [0, 0.05) is 25.2 Å². The lowest BCUT2D eigenvalue weighted by atomic mass is 9.69. The number of benzene rings is 1. The molecule has 2 nitrogen and oxygen atoms in total. The van der Waals surface area contributed by atoms with Gasteiger partial charge >= 0.3 is 0 Å². The van der Waals surface area contributed by atoms with E-state index in [4.69, 9.17) is 0 Å². The van der Waals surface area contributed by atoms with Gasteiger partial charge in [-0.25, -0.2) is 0 Å². The van der Waals surface area contributed by atoms with Crippen LogP contribution in [0, 0.1) is 31.6 Å². The Labute approximate surface area is 204 Å². The van der Waals surface area contributed by atoms with Crippen molar-refractivity contribution in [1.82, 2.24) is 0 Å². The number of aryl methyl sites for hydroxylation is 2.